The van der Waals surface area contributed by atoms with Crippen molar-refractivity contribution in [3.8, 4) is 11.8 Å². The van der Waals surface area contributed by atoms with Crippen LogP contribution in [0.15, 0.2) is 120 Å². The highest BCUT2D eigenvalue weighted by molar-refractivity contribution is 7.92. The average Bonchev–Trinajstić information content (AvgIpc) is 3.08. The second-order valence-electron chi connectivity index (χ2n) is 12.4. The smallest absolute Gasteiger partial charge is 0.313 e. The van der Waals surface area contributed by atoms with E-state index in [1.54, 1.807) is 55.5 Å². The first kappa shape index (κ1) is 34.6. The molecule has 4 aromatic rings. The lowest BCUT2D eigenvalue weighted by Crippen LogP contribution is -2.49. The molecule has 0 amide bonds. The molecule has 4 atom stereocenters. The fourth-order valence-corrected chi connectivity index (χ4v) is 6.93. The van der Waals surface area contributed by atoms with E-state index in [2.05, 4.69) is 25.7 Å². The van der Waals surface area contributed by atoms with Gasteiger partial charge in [-0.3, -0.25) is 4.79 Å². The van der Waals surface area contributed by atoms with Crippen molar-refractivity contribution >= 4 is 21.7 Å². The zero-order valence-corrected chi connectivity index (χ0v) is 28.4. The molecule has 248 valence electrons. The molecule has 0 saturated heterocycles. The molecule has 8 heteroatoms. The number of benzene rings is 4. The normalized spacial score (nSPS) is 18.1. The number of carbonyl (C=O) groups excluding carboxylic acids is 1. The highest BCUT2D eigenvalue weighted by atomic mass is 32.2. The Kier molecular flexibility index (Phi) is 11.2. The van der Waals surface area contributed by atoms with Gasteiger partial charge in [-0.05, 0) is 79.8 Å². The van der Waals surface area contributed by atoms with E-state index in [0.717, 1.165) is 23.1 Å². The van der Waals surface area contributed by atoms with Crippen LogP contribution < -0.4 is 4.31 Å². The lowest BCUT2D eigenvalue weighted by atomic mass is 9.97. The number of nitrogens with zero attached hydrogens (tertiary/aromatic N) is 1. The predicted molar refractivity (Wildman–Crippen MR) is 188 cm³/mol. The molecule has 0 radical (unpaired) electrons. The number of para-hydroxylation sites is 1. The SMILES string of the molecule is Cc1ccc(S(=O)(=O)N(c2ccccc2C#Cc2ccccc2)[C@H]2C=C[C@@H](O)[C@@H](COC(=O)[C@@H](C)c3ccc(CC(C)C)cc3)O2)cc1. The summed E-state index contributed by atoms with van der Waals surface area (Å²) in [6.07, 6.45) is 0.594. The third kappa shape index (κ3) is 8.42. The van der Waals surface area contributed by atoms with Gasteiger partial charge < -0.3 is 14.6 Å². The van der Waals surface area contributed by atoms with Gasteiger partial charge in [0.2, 0.25) is 0 Å². The fourth-order valence-electron chi connectivity index (χ4n) is 5.41. The maximum atomic E-state index is 14.4. The van der Waals surface area contributed by atoms with E-state index >= 15 is 0 Å². The van der Waals surface area contributed by atoms with Crippen molar-refractivity contribution in [1.29, 1.82) is 0 Å². The van der Waals surface area contributed by atoms with Gasteiger partial charge in [-0.15, -0.1) is 0 Å². The lowest BCUT2D eigenvalue weighted by molar-refractivity contribution is -0.154. The van der Waals surface area contributed by atoms with Gasteiger partial charge in [0.15, 0.2) is 6.23 Å². The van der Waals surface area contributed by atoms with Crippen LogP contribution in [-0.2, 0) is 30.7 Å². The number of ether oxygens (including phenoxy) is 2. The van der Waals surface area contributed by atoms with E-state index in [-0.39, 0.29) is 11.5 Å². The summed E-state index contributed by atoms with van der Waals surface area (Å²) in [4.78, 5) is 13.2. The molecule has 0 unspecified atom stereocenters. The maximum Gasteiger partial charge on any atom is 0.313 e. The second-order valence-corrected chi connectivity index (χ2v) is 14.2. The molecule has 4 aromatic carbocycles. The zero-order valence-electron chi connectivity index (χ0n) is 27.6. The Morgan fingerprint density at radius 1 is 0.875 bits per heavy atom. The number of aryl methyl sites for hydroxylation is 1. The summed E-state index contributed by atoms with van der Waals surface area (Å²) < 4.78 is 41.8. The third-order valence-corrected chi connectivity index (χ3v) is 9.89. The molecule has 0 saturated carbocycles. The van der Waals surface area contributed by atoms with Crippen LogP contribution in [0.3, 0.4) is 0 Å². The molecule has 5 rings (SSSR count). The molecule has 0 bridgehead atoms. The van der Waals surface area contributed by atoms with Crippen molar-refractivity contribution in [2.24, 2.45) is 5.92 Å². The number of hydrogen-bond acceptors (Lipinski definition) is 6. The maximum absolute atomic E-state index is 14.4. The van der Waals surface area contributed by atoms with Crippen LogP contribution in [0.2, 0.25) is 0 Å². The number of rotatable bonds is 10. The van der Waals surface area contributed by atoms with E-state index in [1.165, 1.54) is 22.0 Å². The van der Waals surface area contributed by atoms with Crippen molar-refractivity contribution in [2.75, 3.05) is 10.9 Å². The summed E-state index contributed by atoms with van der Waals surface area (Å²) in [5, 5.41) is 10.8. The molecule has 1 N–H and O–H groups in total. The molecule has 48 heavy (non-hydrogen) atoms. The Hall–Kier alpha value is -4.68. The third-order valence-electron chi connectivity index (χ3n) is 8.10. The van der Waals surface area contributed by atoms with Gasteiger partial charge in [0.25, 0.3) is 10.0 Å². The summed E-state index contributed by atoms with van der Waals surface area (Å²) in [5.41, 5.74) is 4.48. The minimum atomic E-state index is -4.21. The number of hydrogen-bond donors (Lipinski definition) is 1. The van der Waals surface area contributed by atoms with Gasteiger partial charge >= 0.3 is 5.97 Å². The van der Waals surface area contributed by atoms with Crippen molar-refractivity contribution in [2.45, 2.75) is 63.4 Å². The molecule has 0 fully saturated rings. The highest BCUT2D eigenvalue weighted by Crippen LogP contribution is 2.32. The molecular weight excluding hydrogens is 623 g/mol. The lowest BCUT2D eigenvalue weighted by Gasteiger charge is -2.37. The summed E-state index contributed by atoms with van der Waals surface area (Å²) >= 11 is 0. The summed E-state index contributed by atoms with van der Waals surface area (Å²) in [5.74, 6) is 5.75. The van der Waals surface area contributed by atoms with E-state index in [0.29, 0.717) is 17.2 Å². The molecule has 1 aliphatic heterocycles. The zero-order chi connectivity index (χ0) is 34.3. The number of anilines is 1. The molecule has 0 aromatic heterocycles. The monoisotopic (exact) mass is 663 g/mol. The van der Waals surface area contributed by atoms with Gasteiger partial charge in [0, 0.05) is 11.1 Å². The van der Waals surface area contributed by atoms with Gasteiger partial charge in [-0.25, -0.2) is 12.7 Å². The van der Waals surface area contributed by atoms with Crippen LogP contribution in [0.25, 0.3) is 0 Å². The van der Waals surface area contributed by atoms with Gasteiger partial charge in [0.05, 0.1) is 16.5 Å². The quantitative estimate of drug-likeness (QED) is 0.114. The van der Waals surface area contributed by atoms with Crippen molar-refractivity contribution in [3.05, 3.63) is 143 Å². The van der Waals surface area contributed by atoms with Crippen LogP contribution >= 0.6 is 0 Å². The van der Waals surface area contributed by atoms with Crippen molar-refractivity contribution in [1.82, 2.24) is 0 Å². The Morgan fingerprint density at radius 2 is 1.54 bits per heavy atom. The Bertz CT molecular complexity index is 1890. The van der Waals surface area contributed by atoms with Gasteiger partial charge in [-0.2, -0.15) is 0 Å². The van der Waals surface area contributed by atoms with Crippen LogP contribution in [-0.4, -0.2) is 44.5 Å². The molecule has 7 nitrogen and oxygen atoms in total. The number of aliphatic hydroxyl groups is 1. The van der Waals surface area contributed by atoms with Gasteiger partial charge in [0.1, 0.15) is 18.8 Å². The minimum absolute atomic E-state index is 0.0678. The number of aliphatic hydroxyl groups excluding tert-OH is 1. The first-order valence-electron chi connectivity index (χ1n) is 16.1. The van der Waals surface area contributed by atoms with Crippen molar-refractivity contribution < 1.29 is 27.8 Å². The first-order valence-corrected chi connectivity index (χ1v) is 17.5. The standard InChI is InChI=1S/C40H41NO6S/c1-28(2)26-32-17-19-33(20-18-32)30(4)40(43)46-27-38-37(42)24-25-39(47-38)41(48(44,45)35-22-14-29(3)15-23-35)36-13-9-8-12-34(36)21-16-31-10-6-5-7-11-31/h5-15,17-20,22-25,28,30,37-39,42H,26-27H2,1-4H3/t30-,37+,38+,39+/m0/s1. The Morgan fingerprint density at radius 3 is 2.23 bits per heavy atom. The Labute approximate surface area is 283 Å². The van der Waals surface area contributed by atoms with Crippen LogP contribution in [0.5, 0.6) is 0 Å². The molecule has 1 aliphatic rings. The summed E-state index contributed by atoms with van der Waals surface area (Å²) in [7, 11) is -4.21. The number of sulfonamides is 1. The predicted octanol–water partition coefficient (Wildman–Crippen LogP) is 6.78. The topological polar surface area (TPSA) is 93.1 Å². The molecule has 1 heterocycles. The summed E-state index contributed by atoms with van der Waals surface area (Å²) in [6.45, 7) is 7.69. The number of carbonyl (C=O) groups is 1. The van der Waals surface area contributed by atoms with Crippen LogP contribution in [0.4, 0.5) is 5.69 Å². The molecule has 0 spiro atoms. The fraction of sp³-hybridized carbons (Fsp3) is 0.275. The first-order chi connectivity index (χ1) is 23.0. The van der Waals surface area contributed by atoms with Gasteiger partial charge in [-0.1, -0.05) is 104 Å². The van der Waals surface area contributed by atoms with Crippen LogP contribution in [0, 0.1) is 24.7 Å². The minimum Gasteiger partial charge on any atom is -0.462 e. The van der Waals surface area contributed by atoms with E-state index in [1.807, 2.05) is 61.5 Å². The molecule has 0 aliphatic carbocycles. The largest absolute Gasteiger partial charge is 0.462 e. The Balaban J connectivity index is 1.41. The molecular formula is C40H41NO6S. The van der Waals surface area contributed by atoms with Crippen LogP contribution in [0.1, 0.15) is 54.5 Å². The van der Waals surface area contributed by atoms with E-state index < -0.39 is 40.3 Å². The average molecular weight is 664 g/mol. The summed E-state index contributed by atoms with van der Waals surface area (Å²) in [6, 6.07) is 30.8. The second kappa shape index (κ2) is 15.5. The van der Waals surface area contributed by atoms with E-state index in [9.17, 15) is 18.3 Å². The van der Waals surface area contributed by atoms with Crippen molar-refractivity contribution in [3.63, 3.8) is 0 Å². The number of esters is 1. The van der Waals surface area contributed by atoms with E-state index in [4.69, 9.17) is 9.47 Å². The highest BCUT2D eigenvalue weighted by Gasteiger charge is 2.38.